The van der Waals surface area contributed by atoms with E-state index in [0.29, 0.717) is 5.92 Å². The summed E-state index contributed by atoms with van der Waals surface area (Å²) in [5.41, 5.74) is 3.32. The lowest BCUT2D eigenvalue weighted by Crippen LogP contribution is -1.95. The lowest BCUT2D eigenvalue weighted by molar-refractivity contribution is 0.666. The molecule has 0 aliphatic heterocycles. The van der Waals surface area contributed by atoms with Gasteiger partial charge in [0.2, 0.25) is 0 Å². The fraction of sp³-hybridized carbons (Fsp3) is 0.692. The lowest BCUT2D eigenvalue weighted by atomic mass is 9.96. The van der Waals surface area contributed by atoms with Crippen LogP contribution in [0.3, 0.4) is 0 Å². The van der Waals surface area contributed by atoms with Crippen molar-refractivity contribution < 1.29 is 0 Å². The van der Waals surface area contributed by atoms with E-state index >= 15 is 0 Å². The zero-order chi connectivity index (χ0) is 9.84. The topological polar surface area (TPSA) is 0 Å². The zero-order valence-corrected chi connectivity index (χ0v) is 9.43. The van der Waals surface area contributed by atoms with Crippen LogP contribution < -0.4 is 0 Å². The van der Waals surface area contributed by atoms with Gasteiger partial charge in [0.1, 0.15) is 0 Å². The van der Waals surface area contributed by atoms with Crippen molar-refractivity contribution in [3.8, 4) is 0 Å². The summed E-state index contributed by atoms with van der Waals surface area (Å²) in [6.45, 7) is 9.09. The molecule has 1 fully saturated rings. The van der Waals surface area contributed by atoms with Crippen molar-refractivity contribution in [2.24, 2.45) is 11.8 Å². The van der Waals surface area contributed by atoms with Crippen LogP contribution in [0.15, 0.2) is 23.3 Å². The van der Waals surface area contributed by atoms with Crippen LogP contribution in [0.4, 0.5) is 0 Å². The second-order valence-electron chi connectivity index (χ2n) is 4.47. The van der Waals surface area contributed by atoms with Crippen molar-refractivity contribution in [2.75, 3.05) is 0 Å². The Morgan fingerprint density at radius 2 is 1.92 bits per heavy atom. The minimum Gasteiger partial charge on any atom is -0.0817 e. The van der Waals surface area contributed by atoms with Crippen LogP contribution in [0.2, 0.25) is 0 Å². The van der Waals surface area contributed by atoms with Gasteiger partial charge in [-0.1, -0.05) is 45.4 Å². The summed E-state index contributed by atoms with van der Waals surface area (Å²) >= 11 is 0. The SMILES string of the molecule is CCC(C)C(/C=C\C(C)C)=C1CC1. The highest BCUT2D eigenvalue weighted by atomic mass is 14.2. The molecule has 0 aromatic heterocycles. The Hall–Kier alpha value is -0.520. The molecule has 0 nitrogen and oxygen atoms in total. The van der Waals surface area contributed by atoms with Crippen molar-refractivity contribution in [3.63, 3.8) is 0 Å². The summed E-state index contributed by atoms with van der Waals surface area (Å²) in [5.74, 6) is 1.44. The smallest absolute Gasteiger partial charge is 0.0194 e. The van der Waals surface area contributed by atoms with Gasteiger partial charge in [0.25, 0.3) is 0 Å². The largest absolute Gasteiger partial charge is 0.0817 e. The molecule has 0 amide bonds. The molecular weight excluding hydrogens is 156 g/mol. The number of allylic oxidation sites excluding steroid dienone is 4. The summed E-state index contributed by atoms with van der Waals surface area (Å²) in [5, 5.41) is 0. The van der Waals surface area contributed by atoms with E-state index in [4.69, 9.17) is 0 Å². The van der Waals surface area contributed by atoms with Crippen molar-refractivity contribution >= 4 is 0 Å². The molecule has 1 unspecified atom stereocenters. The van der Waals surface area contributed by atoms with Crippen molar-refractivity contribution in [1.29, 1.82) is 0 Å². The summed E-state index contributed by atoms with van der Waals surface area (Å²) in [6, 6.07) is 0. The van der Waals surface area contributed by atoms with E-state index in [2.05, 4.69) is 39.8 Å². The molecule has 1 rings (SSSR count). The molecule has 0 aromatic rings. The molecule has 0 aromatic carbocycles. The van der Waals surface area contributed by atoms with Gasteiger partial charge in [0, 0.05) is 0 Å². The average molecular weight is 178 g/mol. The summed E-state index contributed by atoms with van der Waals surface area (Å²) < 4.78 is 0. The van der Waals surface area contributed by atoms with Gasteiger partial charge in [0.05, 0.1) is 0 Å². The van der Waals surface area contributed by atoms with Gasteiger partial charge >= 0.3 is 0 Å². The van der Waals surface area contributed by atoms with E-state index in [1.165, 1.54) is 19.3 Å². The number of rotatable bonds is 4. The van der Waals surface area contributed by atoms with E-state index < -0.39 is 0 Å². The Morgan fingerprint density at radius 1 is 1.31 bits per heavy atom. The molecular formula is C13H22. The molecule has 1 atom stereocenters. The lowest BCUT2D eigenvalue weighted by Gasteiger charge is -2.10. The second-order valence-corrected chi connectivity index (χ2v) is 4.47. The van der Waals surface area contributed by atoms with Crippen LogP contribution >= 0.6 is 0 Å². The third-order valence-corrected chi connectivity index (χ3v) is 2.71. The maximum atomic E-state index is 2.36. The van der Waals surface area contributed by atoms with Crippen molar-refractivity contribution in [3.05, 3.63) is 23.3 Å². The van der Waals surface area contributed by atoms with Crippen LogP contribution in [0.25, 0.3) is 0 Å². The predicted molar refractivity (Wildman–Crippen MR) is 59.7 cm³/mol. The minimum absolute atomic E-state index is 0.679. The summed E-state index contributed by atoms with van der Waals surface area (Å²) in [7, 11) is 0. The van der Waals surface area contributed by atoms with Gasteiger partial charge in [-0.2, -0.15) is 0 Å². The van der Waals surface area contributed by atoms with Crippen molar-refractivity contribution in [2.45, 2.75) is 47.0 Å². The number of hydrogen-bond donors (Lipinski definition) is 0. The summed E-state index contributed by atoms with van der Waals surface area (Å²) in [4.78, 5) is 0. The van der Waals surface area contributed by atoms with Gasteiger partial charge in [-0.15, -0.1) is 0 Å². The van der Waals surface area contributed by atoms with Crippen LogP contribution in [0.5, 0.6) is 0 Å². The van der Waals surface area contributed by atoms with Crippen LogP contribution in [-0.2, 0) is 0 Å². The molecule has 0 saturated heterocycles. The Balaban J connectivity index is 2.65. The third kappa shape index (κ3) is 3.38. The zero-order valence-electron chi connectivity index (χ0n) is 9.43. The Labute approximate surface area is 82.7 Å². The van der Waals surface area contributed by atoms with E-state index in [9.17, 15) is 0 Å². The fourth-order valence-corrected chi connectivity index (χ4v) is 1.50. The van der Waals surface area contributed by atoms with E-state index in [1.807, 2.05) is 0 Å². The highest BCUT2D eigenvalue weighted by Gasteiger charge is 2.18. The van der Waals surface area contributed by atoms with Crippen LogP contribution in [-0.4, -0.2) is 0 Å². The maximum Gasteiger partial charge on any atom is -0.0194 e. The molecule has 0 radical (unpaired) electrons. The first-order chi connectivity index (χ1) is 6.15. The summed E-state index contributed by atoms with van der Waals surface area (Å²) in [6.07, 6.45) is 8.65. The monoisotopic (exact) mass is 178 g/mol. The molecule has 0 heteroatoms. The fourth-order valence-electron chi connectivity index (χ4n) is 1.50. The van der Waals surface area contributed by atoms with Gasteiger partial charge in [0.15, 0.2) is 0 Å². The van der Waals surface area contributed by atoms with E-state index in [0.717, 1.165) is 5.92 Å². The van der Waals surface area contributed by atoms with Crippen molar-refractivity contribution in [1.82, 2.24) is 0 Å². The third-order valence-electron chi connectivity index (χ3n) is 2.71. The van der Waals surface area contributed by atoms with E-state index in [1.54, 1.807) is 11.1 Å². The predicted octanol–water partition coefficient (Wildman–Crippen LogP) is 4.34. The molecule has 0 spiro atoms. The van der Waals surface area contributed by atoms with Crippen LogP contribution in [0.1, 0.15) is 47.0 Å². The minimum atomic E-state index is 0.679. The first-order valence-corrected chi connectivity index (χ1v) is 5.55. The normalized spacial score (nSPS) is 18.4. The van der Waals surface area contributed by atoms with Gasteiger partial charge in [-0.3, -0.25) is 0 Å². The molecule has 0 bridgehead atoms. The standard InChI is InChI=1S/C13H22/c1-5-11(4)13(12-7-8-12)9-6-10(2)3/h6,9-11H,5,7-8H2,1-4H3/b9-6-. The first-order valence-electron chi connectivity index (χ1n) is 5.55. The average Bonchev–Trinajstić information content (AvgIpc) is 2.87. The molecule has 0 heterocycles. The molecule has 0 N–H and O–H groups in total. The molecule has 13 heavy (non-hydrogen) atoms. The Kier molecular flexibility index (Phi) is 3.77. The molecule has 1 saturated carbocycles. The Morgan fingerprint density at radius 3 is 2.31 bits per heavy atom. The maximum absolute atomic E-state index is 2.36. The quantitative estimate of drug-likeness (QED) is 0.601. The van der Waals surface area contributed by atoms with Gasteiger partial charge in [-0.05, 0) is 36.7 Å². The van der Waals surface area contributed by atoms with Gasteiger partial charge < -0.3 is 0 Å². The highest BCUT2D eigenvalue weighted by Crippen LogP contribution is 2.36. The number of hydrogen-bond acceptors (Lipinski definition) is 0. The Bertz CT molecular complexity index is 212. The van der Waals surface area contributed by atoms with Gasteiger partial charge in [-0.25, -0.2) is 0 Å². The molecule has 1 aliphatic carbocycles. The van der Waals surface area contributed by atoms with E-state index in [-0.39, 0.29) is 0 Å². The molecule has 74 valence electrons. The second kappa shape index (κ2) is 4.64. The first kappa shape index (κ1) is 10.6. The highest BCUT2D eigenvalue weighted by molar-refractivity contribution is 5.34. The molecule has 1 aliphatic rings. The van der Waals surface area contributed by atoms with Crippen LogP contribution in [0, 0.1) is 11.8 Å².